The number of carbonyl (C=O) groups excluding carboxylic acids is 1. The number of amides is 1. The summed E-state index contributed by atoms with van der Waals surface area (Å²) < 4.78 is 37.1. The predicted octanol–water partition coefficient (Wildman–Crippen LogP) is 2.56. The lowest BCUT2D eigenvalue weighted by atomic mass is 9.93. The van der Waals surface area contributed by atoms with E-state index in [0.29, 0.717) is 12.3 Å². The van der Waals surface area contributed by atoms with Crippen molar-refractivity contribution in [3.8, 4) is 0 Å². The summed E-state index contributed by atoms with van der Waals surface area (Å²) in [5, 5.41) is 7.14. The third-order valence-electron chi connectivity index (χ3n) is 3.52. The highest BCUT2D eigenvalue weighted by Crippen LogP contribution is 2.29. The van der Waals surface area contributed by atoms with Crippen LogP contribution in [0.4, 0.5) is 13.2 Å². The van der Waals surface area contributed by atoms with Gasteiger partial charge < -0.3 is 10.6 Å². The molecular weight excluding hydrogens is 303 g/mol. The number of alkyl halides is 3. The molecule has 1 saturated heterocycles. The number of nitrogens with zero attached hydrogens (tertiary/aromatic N) is 1. The fourth-order valence-electron chi connectivity index (χ4n) is 2.29. The van der Waals surface area contributed by atoms with Crippen LogP contribution in [0, 0.1) is 5.92 Å². The van der Waals surface area contributed by atoms with Gasteiger partial charge in [-0.05, 0) is 38.3 Å². The maximum absolute atomic E-state index is 12.4. The van der Waals surface area contributed by atoms with E-state index in [1.807, 2.05) is 0 Å². The third-order valence-corrected chi connectivity index (χ3v) is 4.37. The minimum Gasteiger partial charge on any atom is -0.350 e. The Morgan fingerprint density at radius 3 is 2.76 bits per heavy atom. The number of nitrogens with one attached hydrogen (secondary N) is 2. The molecule has 1 aliphatic heterocycles. The van der Waals surface area contributed by atoms with Crippen LogP contribution in [0.15, 0.2) is 5.38 Å². The van der Waals surface area contributed by atoms with Crippen molar-refractivity contribution in [2.45, 2.75) is 38.4 Å². The molecule has 8 heteroatoms. The fourth-order valence-corrected chi connectivity index (χ4v) is 3.03. The molecule has 4 nitrogen and oxygen atoms in total. The Balaban J connectivity index is 1.70. The number of piperidine rings is 1. The van der Waals surface area contributed by atoms with E-state index < -0.39 is 11.9 Å². The van der Waals surface area contributed by atoms with Gasteiger partial charge in [-0.2, -0.15) is 13.2 Å². The number of aromatic nitrogens is 1. The van der Waals surface area contributed by atoms with Gasteiger partial charge >= 0.3 is 6.18 Å². The van der Waals surface area contributed by atoms with E-state index in [0.717, 1.165) is 49.1 Å². The van der Waals surface area contributed by atoms with Crippen LogP contribution in [0.1, 0.15) is 36.4 Å². The molecule has 0 unspecified atom stereocenters. The number of hydrogen-bond donors (Lipinski definition) is 2. The zero-order valence-corrected chi connectivity index (χ0v) is 12.3. The Labute approximate surface area is 125 Å². The van der Waals surface area contributed by atoms with Gasteiger partial charge in [-0.1, -0.05) is 0 Å². The first-order valence-corrected chi connectivity index (χ1v) is 7.82. The standard InChI is InChI=1S/C13H18F3N3OS/c14-13(15,16)10-8-21-12(19-10)7-18-11(20)2-1-9-3-5-17-6-4-9/h8-9,17H,1-7H2,(H,18,20). The van der Waals surface area contributed by atoms with Gasteiger partial charge in [0.1, 0.15) is 5.01 Å². The zero-order chi connectivity index (χ0) is 15.3. The third kappa shape index (κ3) is 5.28. The van der Waals surface area contributed by atoms with Gasteiger partial charge in [0.05, 0.1) is 6.54 Å². The van der Waals surface area contributed by atoms with Crippen LogP contribution in [0.3, 0.4) is 0 Å². The molecule has 0 radical (unpaired) electrons. The Morgan fingerprint density at radius 1 is 1.43 bits per heavy atom. The van der Waals surface area contributed by atoms with Crippen molar-refractivity contribution in [1.29, 1.82) is 0 Å². The molecule has 0 saturated carbocycles. The van der Waals surface area contributed by atoms with Gasteiger partial charge in [0, 0.05) is 11.8 Å². The first-order valence-electron chi connectivity index (χ1n) is 6.94. The second-order valence-corrected chi connectivity index (χ2v) is 6.08. The highest BCUT2D eigenvalue weighted by molar-refractivity contribution is 7.09. The van der Waals surface area contributed by atoms with E-state index in [2.05, 4.69) is 15.6 Å². The van der Waals surface area contributed by atoms with Gasteiger partial charge in [0.2, 0.25) is 5.91 Å². The number of rotatable bonds is 5. The SMILES string of the molecule is O=C(CCC1CCNCC1)NCc1nc(C(F)(F)F)cs1. The minimum atomic E-state index is -4.42. The van der Waals surface area contributed by atoms with E-state index >= 15 is 0 Å². The average molecular weight is 321 g/mol. The Hall–Kier alpha value is -1.15. The molecule has 0 aliphatic carbocycles. The van der Waals surface area contributed by atoms with Gasteiger partial charge in [-0.15, -0.1) is 11.3 Å². The number of carbonyl (C=O) groups is 1. The van der Waals surface area contributed by atoms with E-state index in [9.17, 15) is 18.0 Å². The molecule has 1 aliphatic rings. The number of thiazole rings is 1. The summed E-state index contributed by atoms with van der Waals surface area (Å²) in [6, 6.07) is 0. The highest BCUT2D eigenvalue weighted by atomic mass is 32.1. The van der Waals surface area contributed by atoms with Crippen LogP contribution in [-0.2, 0) is 17.5 Å². The summed E-state index contributed by atoms with van der Waals surface area (Å²) in [7, 11) is 0. The van der Waals surface area contributed by atoms with Crippen LogP contribution < -0.4 is 10.6 Å². The topological polar surface area (TPSA) is 54.0 Å². The molecule has 0 spiro atoms. The van der Waals surface area contributed by atoms with E-state index in [4.69, 9.17) is 0 Å². The number of hydrogen-bond acceptors (Lipinski definition) is 4. The molecule has 2 N–H and O–H groups in total. The van der Waals surface area contributed by atoms with Crippen molar-refractivity contribution in [2.75, 3.05) is 13.1 Å². The summed E-state index contributed by atoms with van der Waals surface area (Å²) >= 11 is 0.910. The van der Waals surface area contributed by atoms with Gasteiger partial charge in [-0.3, -0.25) is 4.79 Å². The molecule has 1 aromatic heterocycles. The molecule has 118 valence electrons. The van der Waals surface area contributed by atoms with Crippen LogP contribution in [-0.4, -0.2) is 24.0 Å². The second kappa shape index (κ2) is 7.22. The second-order valence-electron chi connectivity index (χ2n) is 5.13. The molecule has 1 amide bonds. The van der Waals surface area contributed by atoms with Gasteiger partial charge in [0.15, 0.2) is 5.69 Å². The maximum atomic E-state index is 12.4. The summed E-state index contributed by atoms with van der Waals surface area (Å²) in [4.78, 5) is 15.2. The Bertz CT molecular complexity index is 469. The lowest BCUT2D eigenvalue weighted by Gasteiger charge is -2.22. The zero-order valence-electron chi connectivity index (χ0n) is 11.5. The first kappa shape index (κ1) is 16.2. The van der Waals surface area contributed by atoms with Crippen LogP contribution in [0.2, 0.25) is 0 Å². The van der Waals surface area contributed by atoms with Crippen molar-refractivity contribution in [3.63, 3.8) is 0 Å². The summed E-state index contributed by atoms with van der Waals surface area (Å²) in [6.45, 7) is 2.04. The quantitative estimate of drug-likeness (QED) is 0.876. The first-order chi connectivity index (χ1) is 9.95. The van der Waals surface area contributed by atoms with Gasteiger partial charge in [0.25, 0.3) is 0 Å². The van der Waals surface area contributed by atoms with Crippen LogP contribution in [0.25, 0.3) is 0 Å². The Morgan fingerprint density at radius 2 is 2.14 bits per heavy atom. The fraction of sp³-hybridized carbons (Fsp3) is 0.692. The molecule has 2 rings (SSSR count). The van der Waals surface area contributed by atoms with Crippen molar-refractivity contribution >= 4 is 17.2 Å². The molecule has 21 heavy (non-hydrogen) atoms. The van der Waals surface area contributed by atoms with Crippen LogP contribution >= 0.6 is 11.3 Å². The van der Waals surface area contributed by atoms with Crippen molar-refractivity contribution in [1.82, 2.24) is 15.6 Å². The lowest BCUT2D eigenvalue weighted by molar-refractivity contribution is -0.140. The molecule has 1 fully saturated rings. The smallest absolute Gasteiger partial charge is 0.350 e. The lowest BCUT2D eigenvalue weighted by Crippen LogP contribution is -2.29. The summed E-state index contributed by atoms with van der Waals surface area (Å²) in [5.74, 6) is 0.436. The van der Waals surface area contributed by atoms with E-state index in [-0.39, 0.29) is 17.5 Å². The molecule has 0 aromatic carbocycles. The van der Waals surface area contributed by atoms with Crippen molar-refractivity contribution < 1.29 is 18.0 Å². The average Bonchev–Trinajstić information content (AvgIpc) is 2.93. The van der Waals surface area contributed by atoms with Gasteiger partial charge in [-0.25, -0.2) is 4.98 Å². The normalized spacial score (nSPS) is 16.9. The van der Waals surface area contributed by atoms with E-state index in [1.54, 1.807) is 0 Å². The largest absolute Gasteiger partial charge is 0.434 e. The summed E-state index contributed by atoms with van der Waals surface area (Å²) in [5.41, 5.74) is -0.897. The maximum Gasteiger partial charge on any atom is 0.434 e. The van der Waals surface area contributed by atoms with Crippen molar-refractivity contribution in [3.05, 3.63) is 16.1 Å². The molecule has 2 heterocycles. The highest BCUT2D eigenvalue weighted by Gasteiger charge is 2.33. The van der Waals surface area contributed by atoms with Crippen LogP contribution in [0.5, 0.6) is 0 Å². The molecule has 0 atom stereocenters. The predicted molar refractivity (Wildman–Crippen MR) is 73.8 cm³/mol. The summed E-state index contributed by atoms with van der Waals surface area (Å²) in [6.07, 6.45) is -1.02. The Kier molecular flexibility index (Phi) is 5.58. The molecule has 0 bridgehead atoms. The number of halogens is 3. The van der Waals surface area contributed by atoms with Crippen molar-refractivity contribution in [2.24, 2.45) is 5.92 Å². The molecular formula is C13H18F3N3OS. The van der Waals surface area contributed by atoms with E-state index in [1.165, 1.54) is 0 Å². The minimum absolute atomic E-state index is 0.0613. The molecule has 1 aromatic rings. The monoisotopic (exact) mass is 321 g/mol.